The average molecular weight is 949 g/mol. The van der Waals surface area contributed by atoms with Gasteiger partial charge in [-0.1, -0.05) is 6.08 Å². The van der Waals surface area contributed by atoms with Gasteiger partial charge < -0.3 is 38.8 Å². The number of fused-ring (bicyclic) bond motifs is 4. The van der Waals surface area contributed by atoms with Crippen molar-refractivity contribution in [1.29, 1.82) is 0 Å². The molecule has 4 N–H and O–H groups in total. The summed E-state index contributed by atoms with van der Waals surface area (Å²) < 4.78 is 113. The normalized spacial score (nSPS) is 17.8. The fourth-order valence-electron chi connectivity index (χ4n) is 9.95. The highest BCUT2D eigenvalue weighted by molar-refractivity contribution is 7.46. The number of amides is 1. The van der Waals surface area contributed by atoms with Crippen LogP contribution in [0.1, 0.15) is 97.1 Å². The van der Waals surface area contributed by atoms with Gasteiger partial charge in [-0.25, -0.2) is 31.3 Å². The van der Waals surface area contributed by atoms with Gasteiger partial charge in [0.25, 0.3) is 5.91 Å². The van der Waals surface area contributed by atoms with E-state index in [2.05, 4.69) is 14.2 Å². The van der Waals surface area contributed by atoms with Crippen molar-refractivity contribution in [3.8, 4) is 11.5 Å². The zero-order chi connectivity index (χ0) is 47.3. The minimum Gasteiger partial charge on any atom is -0.469 e. The van der Waals surface area contributed by atoms with Gasteiger partial charge in [-0.05, 0) is 68.9 Å². The molecule has 0 aromatic heterocycles. The topological polar surface area (TPSA) is 196 Å². The molecule has 21 heteroatoms. The minimum absolute atomic E-state index is 0.00506. The zero-order valence-electron chi connectivity index (χ0n) is 36.4. The number of carbonyl (C=O) groups is 2. The lowest BCUT2D eigenvalue weighted by Crippen LogP contribution is -2.53. The molecule has 0 unspecified atom stereocenters. The summed E-state index contributed by atoms with van der Waals surface area (Å²) in [5.74, 6) is -9.94. The fourth-order valence-corrected chi connectivity index (χ4v) is 10.6. The highest BCUT2D eigenvalue weighted by atomic mass is 31.2. The van der Waals surface area contributed by atoms with Crippen molar-refractivity contribution < 1.29 is 74.4 Å². The SMILES string of the molecule is COC(=O)CCCN(C)C(=O)c1c(F)c(F)c(F)c(F)c1C1=c2cc3c4c(c2Oc2c1cc1c5c2CCCN5C(C)(C)C=C1COP(=O)(O)O)CCC[N+]=4C(C)(C)C=C3COP(=O)(O)O. The fraction of sp³-hybridized carbons (Fsp3) is 0.432. The van der Waals surface area contributed by atoms with Crippen molar-refractivity contribution in [1.82, 2.24) is 9.48 Å². The van der Waals surface area contributed by atoms with E-state index in [1.165, 1.54) is 26.3 Å². The van der Waals surface area contributed by atoms with Gasteiger partial charge in [0.05, 0.1) is 48.2 Å². The number of ether oxygens (including phenoxy) is 2. The molecule has 0 spiro atoms. The number of rotatable bonds is 12. The van der Waals surface area contributed by atoms with Crippen LogP contribution < -0.4 is 24.8 Å². The minimum atomic E-state index is -5.04. The van der Waals surface area contributed by atoms with Crippen LogP contribution in [0.2, 0.25) is 0 Å². The van der Waals surface area contributed by atoms with Gasteiger partial charge in [-0.3, -0.25) is 18.6 Å². The molecule has 1 amide bonds. The first kappa shape index (κ1) is 46.8. The molecule has 0 radical (unpaired) electrons. The number of phosphoric ester groups is 2. The van der Waals surface area contributed by atoms with Crippen LogP contribution >= 0.6 is 15.6 Å². The molecule has 3 aromatic carbocycles. The molecule has 65 heavy (non-hydrogen) atoms. The number of hydrogen-bond acceptors (Lipinski definition) is 9. The third-order valence-corrected chi connectivity index (χ3v) is 13.6. The van der Waals surface area contributed by atoms with Crippen LogP contribution in [0.25, 0.3) is 16.7 Å². The van der Waals surface area contributed by atoms with E-state index in [1.807, 2.05) is 27.7 Å². The summed E-state index contributed by atoms with van der Waals surface area (Å²) in [4.78, 5) is 68.5. The van der Waals surface area contributed by atoms with E-state index in [1.54, 1.807) is 12.2 Å². The van der Waals surface area contributed by atoms with Gasteiger partial charge in [0.2, 0.25) is 5.36 Å². The summed E-state index contributed by atoms with van der Waals surface area (Å²) in [5.41, 5.74) is -0.861. The Morgan fingerprint density at radius 1 is 0.846 bits per heavy atom. The van der Waals surface area contributed by atoms with Gasteiger partial charge in [0, 0.05) is 79.9 Å². The van der Waals surface area contributed by atoms with E-state index in [4.69, 9.17) is 13.8 Å². The molecule has 5 aliphatic heterocycles. The molecule has 3 aromatic rings. The first-order valence-corrected chi connectivity index (χ1v) is 23.9. The van der Waals surface area contributed by atoms with Gasteiger partial charge in [0.15, 0.2) is 28.8 Å². The summed E-state index contributed by atoms with van der Waals surface area (Å²) in [6, 6.07) is 3.02. The third-order valence-electron chi connectivity index (χ3n) is 12.7. The molecular weight excluding hydrogens is 900 g/mol. The number of anilines is 1. The van der Waals surface area contributed by atoms with Crippen LogP contribution in [0.5, 0.6) is 11.5 Å². The molecule has 348 valence electrons. The van der Waals surface area contributed by atoms with Crippen LogP contribution in [0, 0.1) is 23.3 Å². The lowest BCUT2D eigenvalue weighted by Gasteiger charge is -2.47. The largest absolute Gasteiger partial charge is 0.469 e. The third kappa shape index (κ3) is 8.28. The molecular formula is C44H48F4N3O12P2+. The van der Waals surface area contributed by atoms with E-state index < -0.39 is 86.2 Å². The number of halogens is 4. The molecule has 0 fully saturated rings. The molecule has 0 aliphatic carbocycles. The summed E-state index contributed by atoms with van der Waals surface area (Å²) in [6.45, 7) is 7.31. The second kappa shape index (κ2) is 16.6. The highest BCUT2D eigenvalue weighted by Crippen LogP contribution is 2.54. The molecule has 15 nitrogen and oxygen atoms in total. The van der Waals surface area contributed by atoms with Crippen molar-refractivity contribution in [3.05, 3.63) is 97.1 Å². The number of methoxy groups -OCH3 is 1. The van der Waals surface area contributed by atoms with E-state index in [0.717, 1.165) is 4.90 Å². The lowest BCUT2D eigenvalue weighted by atomic mass is 9.78. The maximum Gasteiger partial charge on any atom is 0.469 e. The zero-order valence-corrected chi connectivity index (χ0v) is 38.2. The van der Waals surface area contributed by atoms with Gasteiger partial charge >= 0.3 is 21.6 Å². The van der Waals surface area contributed by atoms with Crippen LogP contribution in [0.4, 0.5) is 23.2 Å². The predicted molar refractivity (Wildman–Crippen MR) is 229 cm³/mol. The van der Waals surface area contributed by atoms with Crippen LogP contribution in [-0.2, 0) is 40.6 Å². The highest BCUT2D eigenvalue weighted by Gasteiger charge is 2.45. The lowest BCUT2D eigenvalue weighted by molar-refractivity contribution is -0.140. The molecule has 0 saturated carbocycles. The molecule has 0 saturated heterocycles. The van der Waals surface area contributed by atoms with E-state index in [9.17, 15) is 38.3 Å². The predicted octanol–water partition coefficient (Wildman–Crippen LogP) is 5.38. The second-order valence-corrected chi connectivity index (χ2v) is 20.3. The van der Waals surface area contributed by atoms with Gasteiger partial charge in [-0.2, -0.15) is 0 Å². The van der Waals surface area contributed by atoms with Crippen molar-refractivity contribution in [2.75, 3.05) is 51.9 Å². The quantitative estimate of drug-likeness (QED) is 0.0354. The Hall–Kier alpha value is -4.71. The van der Waals surface area contributed by atoms with E-state index in [0.29, 0.717) is 83.2 Å². The molecule has 5 aliphatic rings. The van der Waals surface area contributed by atoms with Gasteiger partial charge in [0.1, 0.15) is 18.0 Å². The van der Waals surface area contributed by atoms with E-state index >= 15 is 17.6 Å². The van der Waals surface area contributed by atoms with Gasteiger partial charge in [-0.15, -0.1) is 0 Å². The number of phosphoric acid groups is 2. The first-order chi connectivity index (χ1) is 30.3. The Morgan fingerprint density at radius 3 is 2.12 bits per heavy atom. The molecule has 5 heterocycles. The molecule has 0 atom stereocenters. The second-order valence-electron chi connectivity index (χ2n) is 17.8. The number of benzene rings is 3. The Balaban J connectivity index is 1.52. The smallest absolute Gasteiger partial charge is 0.469 e. The summed E-state index contributed by atoms with van der Waals surface area (Å²) in [5, 5.41) is 0.608. The van der Waals surface area contributed by atoms with Crippen molar-refractivity contribution >= 4 is 49.9 Å². The Kier molecular flexibility index (Phi) is 11.9. The molecule has 0 bridgehead atoms. The summed E-state index contributed by atoms with van der Waals surface area (Å²) in [7, 11) is -7.68. The average Bonchev–Trinajstić information content (AvgIpc) is 3.23. The number of carbonyl (C=O) groups excluding carboxylic acids is 2. The number of nitrogens with zero attached hydrogens (tertiary/aromatic N) is 3. The Bertz CT molecular complexity index is 2910. The van der Waals surface area contributed by atoms with E-state index in [-0.39, 0.29) is 47.2 Å². The Labute approximate surface area is 370 Å². The summed E-state index contributed by atoms with van der Waals surface area (Å²) in [6.07, 6.45) is 5.21. The Morgan fingerprint density at radius 2 is 1.48 bits per heavy atom. The van der Waals surface area contributed by atoms with Crippen LogP contribution in [-0.4, -0.2) is 94.4 Å². The maximum absolute atomic E-state index is 17.2. The van der Waals surface area contributed by atoms with Crippen LogP contribution in [0.3, 0.4) is 0 Å². The van der Waals surface area contributed by atoms with Crippen molar-refractivity contribution in [3.63, 3.8) is 0 Å². The molecule has 8 rings (SSSR count). The van der Waals surface area contributed by atoms with Crippen LogP contribution in [0.15, 0.2) is 24.3 Å². The number of hydrogen-bond donors (Lipinski definition) is 4. The van der Waals surface area contributed by atoms with Crippen molar-refractivity contribution in [2.24, 2.45) is 0 Å². The first-order valence-electron chi connectivity index (χ1n) is 20.9. The number of esters is 1. The monoisotopic (exact) mass is 948 g/mol. The standard InChI is InChI=1S/C44H47F4N3O12P2/c1-43(2)18-22(20-61-64(54,55)56)26-16-28-31(32-33(35(46)37(48)36(47)34(32)45)42(53)49(5)13-9-12-30(52)60-6)29-17-27-23(21-62-65(57,58)59)19-44(3,4)51-15-8-11-25(39(27)51)41(29)63-40(28)24-10-7-14-50(43)38(24)26/h16-19H,7-15,20-21H2,1-6H3,(H3-,54,55,56,57,58,59)/p+1. The maximum atomic E-state index is 17.2. The van der Waals surface area contributed by atoms with Crippen molar-refractivity contribution in [2.45, 2.75) is 77.3 Å². The summed E-state index contributed by atoms with van der Waals surface area (Å²) >= 11 is 0.